The van der Waals surface area contributed by atoms with E-state index in [2.05, 4.69) is 25.7 Å². The van der Waals surface area contributed by atoms with Gasteiger partial charge in [-0.15, -0.1) is 0 Å². The van der Waals surface area contributed by atoms with Crippen LogP contribution in [0.1, 0.15) is 27.2 Å². The standard InChI is InChI=1S/C9H19NO/c1-4-9(3)8-10(5-2)6-7-11/h7,9H,4-6,8H2,1-3H3. The van der Waals surface area contributed by atoms with Crippen LogP contribution in [0.3, 0.4) is 0 Å². The zero-order valence-electron chi connectivity index (χ0n) is 7.84. The maximum absolute atomic E-state index is 10.2. The predicted molar refractivity (Wildman–Crippen MR) is 47.6 cm³/mol. The molecule has 0 heterocycles. The van der Waals surface area contributed by atoms with Gasteiger partial charge in [-0.25, -0.2) is 0 Å². The molecule has 1 unspecified atom stereocenters. The SMILES string of the molecule is CCC(C)CN(CC)CC=O. The third kappa shape index (κ3) is 4.96. The van der Waals surface area contributed by atoms with Gasteiger partial charge in [-0.05, 0) is 12.5 Å². The zero-order valence-corrected chi connectivity index (χ0v) is 7.84. The zero-order chi connectivity index (χ0) is 8.69. The molecule has 0 spiro atoms. The summed E-state index contributed by atoms with van der Waals surface area (Å²) in [5, 5.41) is 0. The van der Waals surface area contributed by atoms with Gasteiger partial charge in [0.15, 0.2) is 0 Å². The Labute approximate surface area is 69.6 Å². The van der Waals surface area contributed by atoms with Gasteiger partial charge in [0.1, 0.15) is 6.29 Å². The number of carbonyl (C=O) groups is 1. The van der Waals surface area contributed by atoms with Crippen LogP contribution >= 0.6 is 0 Å². The molecule has 0 radical (unpaired) electrons. The number of rotatable bonds is 6. The second-order valence-electron chi connectivity index (χ2n) is 3.03. The van der Waals surface area contributed by atoms with Crippen molar-refractivity contribution in [2.45, 2.75) is 27.2 Å². The van der Waals surface area contributed by atoms with E-state index in [4.69, 9.17) is 0 Å². The lowest BCUT2D eigenvalue weighted by Crippen LogP contribution is -2.29. The van der Waals surface area contributed by atoms with Gasteiger partial charge in [-0.3, -0.25) is 4.90 Å². The Morgan fingerprint density at radius 2 is 2.09 bits per heavy atom. The molecular formula is C9H19NO. The summed E-state index contributed by atoms with van der Waals surface area (Å²) in [5.74, 6) is 0.704. The van der Waals surface area contributed by atoms with Crippen molar-refractivity contribution in [1.29, 1.82) is 0 Å². The molecule has 0 N–H and O–H groups in total. The highest BCUT2D eigenvalue weighted by molar-refractivity contribution is 5.51. The van der Waals surface area contributed by atoms with Crippen LogP contribution in [0, 0.1) is 5.92 Å². The molecule has 66 valence electrons. The number of nitrogens with zero attached hydrogens (tertiary/aromatic N) is 1. The topological polar surface area (TPSA) is 20.3 Å². The molecule has 0 aromatic heterocycles. The van der Waals surface area contributed by atoms with Crippen molar-refractivity contribution >= 4 is 6.29 Å². The van der Waals surface area contributed by atoms with Gasteiger partial charge in [-0.2, -0.15) is 0 Å². The average molecular weight is 157 g/mol. The van der Waals surface area contributed by atoms with Crippen LogP contribution in [0.15, 0.2) is 0 Å². The van der Waals surface area contributed by atoms with E-state index in [-0.39, 0.29) is 0 Å². The molecule has 0 aliphatic heterocycles. The molecule has 0 amide bonds. The molecule has 0 aromatic rings. The van der Waals surface area contributed by atoms with Crippen LogP contribution in [0.5, 0.6) is 0 Å². The van der Waals surface area contributed by atoms with Gasteiger partial charge in [-0.1, -0.05) is 27.2 Å². The van der Waals surface area contributed by atoms with E-state index in [0.29, 0.717) is 12.5 Å². The Kier molecular flexibility index (Phi) is 6.13. The van der Waals surface area contributed by atoms with Crippen LogP contribution in [0.25, 0.3) is 0 Å². The van der Waals surface area contributed by atoms with E-state index < -0.39 is 0 Å². The highest BCUT2D eigenvalue weighted by Crippen LogP contribution is 2.02. The first-order valence-corrected chi connectivity index (χ1v) is 4.40. The minimum Gasteiger partial charge on any atom is -0.302 e. The molecule has 11 heavy (non-hydrogen) atoms. The van der Waals surface area contributed by atoms with E-state index in [9.17, 15) is 4.79 Å². The Morgan fingerprint density at radius 1 is 1.45 bits per heavy atom. The lowest BCUT2D eigenvalue weighted by atomic mass is 10.1. The lowest BCUT2D eigenvalue weighted by Gasteiger charge is -2.20. The molecule has 1 atom stereocenters. The third-order valence-electron chi connectivity index (χ3n) is 2.05. The predicted octanol–water partition coefficient (Wildman–Crippen LogP) is 1.55. The van der Waals surface area contributed by atoms with Crippen LogP contribution in [-0.4, -0.2) is 30.8 Å². The normalized spacial score (nSPS) is 13.5. The van der Waals surface area contributed by atoms with E-state index in [1.54, 1.807) is 0 Å². The summed E-state index contributed by atoms with van der Waals surface area (Å²) in [7, 11) is 0. The summed E-state index contributed by atoms with van der Waals surface area (Å²) in [6.45, 7) is 9.09. The summed E-state index contributed by atoms with van der Waals surface area (Å²) < 4.78 is 0. The largest absolute Gasteiger partial charge is 0.302 e. The van der Waals surface area contributed by atoms with Crippen LogP contribution in [-0.2, 0) is 4.79 Å². The molecule has 0 aliphatic carbocycles. The van der Waals surface area contributed by atoms with Gasteiger partial charge in [0.25, 0.3) is 0 Å². The van der Waals surface area contributed by atoms with Crippen molar-refractivity contribution in [3.8, 4) is 0 Å². The van der Waals surface area contributed by atoms with E-state index in [1.807, 2.05) is 0 Å². The molecule has 0 saturated heterocycles. The highest BCUT2D eigenvalue weighted by atomic mass is 16.1. The molecule has 0 aliphatic rings. The number of carbonyl (C=O) groups excluding carboxylic acids is 1. The lowest BCUT2D eigenvalue weighted by molar-refractivity contribution is -0.108. The van der Waals surface area contributed by atoms with E-state index in [0.717, 1.165) is 19.4 Å². The molecule has 0 aromatic carbocycles. The minimum absolute atomic E-state index is 0.584. The highest BCUT2D eigenvalue weighted by Gasteiger charge is 2.05. The van der Waals surface area contributed by atoms with Crippen molar-refractivity contribution < 1.29 is 4.79 Å². The summed E-state index contributed by atoms with van der Waals surface area (Å²) in [5.41, 5.74) is 0. The second kappa shape index (κ2) is 6.35. The molecule has 0 fully saturated rings. The first-order chi connectivity index (χ1) is 5.24. The number of hydrogen-bond acceptors (Lipinski definition) is 2. The van der Waals surface area contributed by atoms with Crippen molar-refractivity contribution in [3.63, 3.8) is 0 Å². The van der Waals surface area contributed by atoms with Crippen LogP contribution in [0.2, 0.25) is 0 Å². The van der Waals surface area contributed by atoms with Crippen molar-refractivity contribution in [3.05, 3.63) is 0 Å². The first-order valence-electron chi connectivity index (χ1n) is 4.40. The van der Waals surface area contributed by atoms with Crippen molar-refractivity contribution in [2.75, 3.05) is 19.6 Å². The van der Waals surface area contributed by atoms with Crippen LogP contribution in [0.4, 0.5) is 0 Å². The monoisotopic (exact) mass is 157 g/mol. The van der Waals surface area contributed by atoms with Gasteiger partial charge >= 0.3 is 0 Å². The quantitative estimate of drug-likeness (QED) is 0.545. The fraction of sp³-hybridized carbons (Fsp3) is 0.889. The molecule has 2 heteroatoms. The van der Waals surface area contributed by atoms with E-state index in [1.165, 1.54) is 6.42 Å². The summed E-state index contributed by atoms with van der Waals surface area (Å²) >= 11 is 0. The van der Waals surface area contributed by atoms with Gasteiger partial charge in [0, 0.05) is 6.54 Å². The van der Waals surface area contributed by atoms with Crippen LogP contribution < -0.4 is 0 Å². The molecule has 2 nitrogen and oxygen atoms in total. The van der Waals surface area contributed by atoms with E-state index >= 15 is 0 Å². The summed E-state index contributed by atoms with van der Waals surface area (Å²) in [6, 6.07) is 0. The Balaban J connectivity index is 3.57. The Hall–Kier alpha value is -0.370. The molecule has 0 bridgehead atoms. The molecular weight excluding hydrogens is 138 g/mol. The average Bonchev–Trinajstić information content (AvgIpc) is 2.03. The fourth-order valence-electron chi connectivity index (χ4n) is 1.01. The summed E-state index contributed by atoms with van der Waals surface area (Å²) in [6.07, 6.45) is 2.17. The Bertz CT molecular complexity index is 104. The van der Waals surface area contributed by atoms with Gasteiger partial charge < -0.3 is 4.79 Å². The maximum Gasteiger partial charge on any atom is 0.133 e. The Morgan fingerprint density at radius 3 is 2.45 bits per heavy atom. The van der Waals surface area contributed by atoms with Gasteiger partial charge in [0.2, 0.25) is 0 Å². The smallest absolute Gasteiger partial charge is 0.133 e. The number of hydrogen-bond donors (Lipinski definition) is 0. The summed E-state index contributed by atoms with van der Waals surface area (Å²) in [4.78, 5) is 12.4. The molecule has 0 rings (SSSR count). The van der Waals surface area contributed by atoms with Crippen molar-refractivity contribution in [2.24, 2.45) is 5.92 Å². The minimum atomic E-state index is 0.584. The fourth-order valence-corrected chi connectivity index (χ4v) is 1.01. The van der Waals surface area contributed by atoms with Gasteiger partial charge in [0.05, 0.1) is 6.54 Å². The number of aldehydes is 1. The number of likely N-dealkylation sites (N-methyl/N-ethyl adjacent to an activating group) is 1. The first kappa shape index (κ1) is 10.6. The third-order valence-corrected chi connectivity index (χ3v) is 2.05. The maximum atomic E-state index is 10.2. The second-order valence-corrected chi connectivity index (χ2v) is 3.03. The van der Waals surface area contributed by atoms with Crippen molar-refractivity contribution in [1.82, 2.24) is 4.90 Å². The molecule has 0 saturated carbocycles.